The second-order valence-electron chi connectivity index (χ2n) is 4.44. The van der Waals surface area contributed by atoms with Crippen LogP contribution < -0.4 is 5.73 Å². The molecule has 1 unspecified atom stereocenters. The highest BCUT2D eigenvalue weighted by molar-refractivity contribution is 6.00. The highest BCUT2D eigenvalue weighted by Crippen LogP contribution is 2.28. The van der Waals surface area contributed by atoms with Crippen molar-refractivity contribution in [3.63, 3.8) is 0 Å². The molecule has 2 rings (SSSR count). The van der Waals surface area contributed by atoms with Gasteiger partial charge in [-0.1, -0.05) is 12.8 Å². The molecule has 4 heteroatoms. The van der Waals surface area contributed by atoms with E-state index >= 15 is 0 Å². The molecule has 0 saturated heterocycles. The van der Waals surface area contributed by atoms with Gasteiger partial charge < -0.3 is 5.73 Å². The van der Waals surface area contributed by atoms with Crippen molar-refractivity contribution in [2.75, 3.05) is 0 Å². The van der Waals surface area contributed by atoms with Gasteiger partial charge in [0.1, 0.15) is 5.82 Å². The fraction of sp³-hybridized carbons (Fsp3) is 0.462. The molecule has 1 atom stereocenters. The molecule has 1 aliphatic carbocycles. The monoisotopic (exact) mass is 257 g/mol. The average molecular weight is 258 g/mol. The maximum atomic E-state index is 12.7. The maximum Gasteiger partial charge on any atom is 0.179 e. The summed E-state index contributed by atoms with van der Waals surface area (Å²) in [7, 11) is 0. The van der Waals surface area contributed by atoms with Crippen LogP contribution in [-0.2, 0) is 0 Å². The number of Topliss-reactive ketones (excluding diaryl/α,β-unsaturated/α-hetero) is 1. The van der Waals surface area contributed by atoms with E-state index in [-0.39, 0.29) is 24.0 Å². The molecular formula is C13H17ClFNO. The van der Waals surface area contributed by atoms with Gasteiger partial charge in [-0.2, -0.15) is 0 Å². The lowest BCUT2D eigenvalue weighted by atomic mass is 9.92. The van der Waals surface area contributed by atoms with E-state index in [1.54, 1.807) is 0 Å². The molecule has 1 aliphatic rings. The highest BCUT2D eigenvalue weighted by atomic mass is 35.5. The Morgan fingerprint density at radius 1 is 1.24 bits per heavy atom. The van der Waals surface area contributed by atoms with Crippen LogP contribution in [0.25, 0.3) is 0 Å². The summed E-state index contributed by atoms with van der Waals surface area (Å²) < 4.78 is 12.7. The molecule has 17 heavy (non-hydrogen) atoms. The number of ketones is 1. The Kier molecular flexibility index (Phi) is 5.09. The Labute approximate surface area is 107 Å². The molecule has 1 saturated carbocycles. The van der Waals surface area contributed by atoms with Gasteiger partial charge in [0, 0.05) is 5.56 Å². The zero-order valence-corrected chi connectivity index (χ0v) is 10.4. The molecule has 0 spiro atoms. The second-order valence-corrected chi connectivity index (χ2v) is 4.44. The largest absolute Gasteiger partial charge is 0.321 e. The minimum atomic E-state index is -0.423. The second kappa shape index (κ2) is 6.12. The highest BCUT2D eigenvalue weighted by Gasteiger charge is 2.27. The molecule has 1 aromatic rings. The fourth-order valence-corrected chi connectivity index (χ4v) is 2.34. The van der Waals surface area contributed by atoms with Crippen LogP contribution in [0.15, 0.2) is 24.3 Å². The van der Waals surface area contributed by atoms with Gasteiger partial charge in [0.05, 0.1) is 6.04 Å². The van der Waals surface area contributed by atoms with Crippen LogP contribution in [0.2, 0.25) is 0 Å². The zero-order chi connectivity index (χ0) is 11.5. The lowest BCUT2D eigenvalue weighted by Crippen LogP contribution is -2.37. The first kappa shape index (κ1) is 14.1. The Morgan fingerprint density at radius 3 is 2.29 bits per heavy atom. The van der Waals surface area contributed by atoms with Crippen molar-refractivity contribution in [1.29, 1.82) is 0 Å². The van der Waals surface area contributed by atoms with Crippen LogP contribution in [0, 0.1) is 11.7 Å². The molecule has 0 amide bonds. The van der Waals surface area contributed by atoms with Gasteiger partial charge in [-0.15, -0.1) is 12.4 Å². The first-order chi connectivity index (χ1) is 7.68. The summed E-state index contributed by atoms with van der Waals surface area (Å²) in [5.41, 5.74) is 6.46. The van der Waals surface area contributed by atoms with E-state index in [9.17, 15) is 9.18 Å². The molecule has 94 valence electrons. The lowest BCUT2D eigenvalue weighted by molar-refractivity contribution is 0.0933. The molecule has 1 aromatic carbocycles. The summed E-state index contributed by atoms with van der Waals surface area (Å²) in [4.78, 5) is 12.0. The van der Waals surface area contributed by atoms with E-state index in [2.05, 4.69) is 0 Å². The first-order valence-corrected chi connectivity index (χ1v) is 5.74. The summed E-state index contributed by atoms with van der Waals surface area (Å²) in [6.07, 6.45) is 4.40. The smallest absolute Gasteiger partial charge is 0.179 e. The number of rotatable bonds is 3. The molecular weight excluding hydrogens is 241 g/mol. The maximum absolute atomic E-state index is 12.7. The van der Waals surface area contributed by atoms with Crippen molar-refractivity contribution in [3.05, 3.63) is 35.6 Å². The van der Waals surface area contributed by atoms with Gasteiger partial charge in [0.2, 0.25) is 0 Å². The summed E-state index contributed by atoms with van der Waals surface area (Å²) in [6.45, 7) is 0. The average Bonchev–Trinajstić information content (AvgIpc) is 2.81. The molecule has 0 bridgehead atoms. The summed E-state index contributed by atoms with van der Waals surface area (Å²) in [5, 5.41) is 0. The van der Waals surface area contributed by atoms with Crippen LogP contribution >= 0.6 is 12.4 Å². The van der Waals surface area contributed by atoms with E-state index < -0.39 is 6.04 Å². The van der Waals surface area contributed by atoms with E-state index in [4.69, 9.17) is 5.73 Å². The fourth-order valence-electron chi connectivity index (χ4n) is 2.34. The van der Waals surface area contributed by atoms with Crippen LogP contribution in [0.4, 0.5) is 4.39 Å². The van der Waals surface area contributed by atoms with Crippen molar-refractivity contribution in [1.82, 2.24) is 0 Å². The Hall–Kier alpha value is -0.930. The van der Waals surface area contributed by atoms with Crippen molar-refractivity contribution >= 4 is 18.2 Å². The number of carbonyl (C=O) groups excluding carboxylic acids is 1. The van der Waals surface area contributed by atoms with E-state index in [0.29, 0.717) is 11.5 Å². The SMILES string of the molecule is Cl.NC(C(=O)c1ccc(F)cc1)C1CCCC1. The molecule has 1 fully saturated rings. The van der Waals surface area contributed by atoms with Gasteiger partial charge in [-0.3, -0.25) is 4.79 Å². The summed E-state index contributed by atoms with van der Waals surface area (Å²) in [6, 6.07) is 5.19. The van der Waals surface area contributed by atoms with Crippen molar-refractivity contribution in [3.8, 4) is 0 Å². The topological polar surface area (TPSA) is 43.1 Å². The van der Waals surface area contributed by atoms with Gasteiger partial charge in [-0.25, -0.2) is 4.39 Å². The van der Waals surface area contributed by atoms with E-state index in [0.717, 1.165) is 25.7 Å². The van der Waals surface area contributed by atoms with Crippen LogP contribution in [0.1, 0.15) is 36.0 Å². The van der Waals surface area contributed by atoms with Crippen molar-refractivity contribution in [2.24, 2.45) is 11.7 Å². The molecule has 0 radical (unpaired) electrons. The molecule has 0 aliphatic heterocycles. The molecule has 0 aromatic heterocycles. The van der Waals surface area contributed by atoms with Crippen LogP contribution in [0.5, 0.6) is 0 Å². The van der Waals surface area contributed by atoms with Crippen LogP contribution in [0.3, 0.4) is 0 Å². The first-order valence-electron chi connectivity index (χ1n) is 5.74. The number of carbonyl (C=O) groups is 1. The molecule has 2 N–H and O–H groups in total. The number of hydrogen-bond acceptors (Lipinski definition) is 2. The third kappa shape index (κ3) is 3.27. The zero-order valence-electron chi connectivity index (χ0n) is 9.56. The number of benzene rings is 1. The van der Waals surface area contributed by atoms with Gasteiger partial charge in [0.15, 0.2) is 5.78 Å². The predicted molar refractivity (Wildman–Crippen MR) is 67.9 cm³/mol. The quantitative estimate of drug-likeness (QED) is 0.846. The molecule has 0 heterocycles. The lowest BCUT2D eigenvalue weighted by Gasteiger charge is -2.17. The Morgan fingerprint density at radius 2 is 1.76 bits per heavy atom. The Balaban J connectivity index is 0.00000144. The summed E-state index contributed by atoms with van der Waals surface area (Å²) >= 11 is 0. The third-order valence-electron chi connectivity index (χ3n) is 3.34. The molecule has 2 nitrogen and oxygen atoms in total. The van der Waals surface area contributed by atoms with E-state index in [1.165, 1.54) is 24.3 Å². The van der Waals surface area contributed by atoms with Gasteiger partial charge in [0.25, 0.3) is 0 Å². The van der Waals surface area contributed by atoms with E-state index in [1.807, 2.05) is 0 Å². The normalized spacial score (nSPS) is 17.5. The number of halogens is 2. The van der Waals surface area contributed by atoms with Crippen LogP contribution in [-0.4, -0.2) is 11.8 Å². The van der Waals surface area contributed by atoms with Gasteiger partial charge in [-0.05, 0) is 43.0 Å². The minimum Gasteiger partial charge on any atom is -0.321 e. The predicted octanol–water partition coefficient (Wildman–Crippen LogP) is 2.95. The van der Waals surface area contributed by atoms with Crippen molar-refractivity contribution < 1.29 is 9.18 Å². The minimum absolute atomic E-state index is 0. The van der Waals surface area contributed by atoms with Crippen molar-refractivity contribution in [2.45, 2.75) is 31.7 Å². The summed E-state index contributed by atoms with van der Waals surface area (Å²) in [5.74, 6) is -0.0876. The number of nitrogens with two attached hydrogens (primary N) is 1. The number of hydrogen-bond donors (Lipinski definition) is 1. The standard InChI is InChI=1S/C13H16FNO.ClH/c14-11-7-5-10(6-8-11)13(16)12(15)9-3-1-2-4-9;/h5-9,12H,1-4,15H2;1H. The Bertz CT molecular complexity index is 374. The third-order valence-corrected chi connectivity index (χ3v) is 3.34. The van der Waals surface area contributed by atoms with Gasteiger partial charge >= 0.3 is 0 Å².